The van der Waals surface area contributed by atoms with Crippen LogP contribution in [-0.2, 0) is 0 Å². The van der Waals surface area contributed by atoms with Crippen molar-refractivity contribution in [3.63, 3.8) is 0 Å². The molecule has 0 N–H and O–H groups in total. The molecule has 0 heteroatoms. The Morgan fingerprint density at radius 1 is 1.36 bits per heavy atom. The maximum absolute atomic E-state index is 3.88. The van der Waals surface area contributed by atoms with Gasteiger partial charge in [0.2, 0.25) is 0 Å². The summed E-state index contributed by atoms with van der Waals surface area (Å²) < 4.78 is 0. The molecule has 0 aromatic carbocycles. The van der Waals surface area contributed by atoms with E-state index in [9.17, 15) is 0 Å². The topological polar surface area (TPSA) is 0 Å². The van der Waals surface area contributed by atoms with Gasteiger partial charge in [-0.1, -0.05) is 49.6 Å². The van der Waals surface area contributed by atoms with Crippen molar-refractivity contribution in [2.75, 3.05) is 0 Å². The molecular weight excluding hydrogens is 132 g/mol. The minimum absolute atomic E-state index is 0.956. The molecule has 0 aromatic heterocycles. The van der Waals surface area contributed by atoms with Crippen LogP contribution >= 0.6 is 0 Å². The Morgan fingerprint density at radius 2 is 2.18 bits per heavy atom. The first-order valence-electron chi connectivity index (χ1n) is 3.68. The van der Waals surface area contributed by atoms with Crippen molar-refractivity contribution in [2.24, 2.45) is 0 Å². The van der Waals surface area contributed by atoms with E-state index in [2.05, 4.69) is 25.3 Å². The van der Waals surface area contributed by atoms with Gasteiger partial charge >= 0.3 is 0 Å². The molecular formula is C11H12. The minimum atomic E-state index is 0.956. The lowest BCUT2D eigenvalue weighted by Gasteiger charge is -2.00. The SMILES string of the molecule is C=CC(=C)C1=CC=CC=CC1. The third kappa shape index (κ3) is 2.08. The second-order valence-electron chi connectivity index (χ2n) is 2.44. The molecule has 1 aliphatic carbocycles. The molecule has 11 heavy (non-hydrogen) atoms. The van der Waals surface area contributed by atoms with Crippen LogP contribution in [0.15, 0.2) is 60.8 Å². The highest BCUT2D eigenvalue weighted by atomic mass is 14.0. The highest BCUT2D eigenvalue weighted by molar-refractivity contribution is 5.41. The molecule has 1 rings (SSSR count). The third-order valence-corrected chi connectivity index (χ3v) is 1.65. The smallest absolute Gasteiger partial charge is 0.00886 e. The molecule has 0 saturated heterocycles. The predicted molar refractivity (Wildman–Crippen MR) is 50.3 cm³/mol. The summed E-state index contributed by atoms with van der Waals surface area (Å²) in [6.45, 7) is 7.56. The molecule has 0 nitrogen and oxygen atoms in total. The van der Waals surface area contributed by atoms with Crippen molar-refractivity contribution in [2.45, 2.75) is 6.42 Å². The van der Waals surface area contributed by atoms with E-state index in [0.29, 0.717) is 0 Å². The number of rotatable bonds is 2. The lowest BCUT2D eigenvalue weighted by Crippen LogP contribution is -1.81. The minimum Gasteiger partial charge on any atom is -0.0985 e. The molecule has 0 fully saturated rings. The quantitative estimate of drug-likeness (QED) is 0.522. The molecule has 0 bridgehead atoms. The lowest BCUT2D eigenvalue weighted by molar-refractivity contribution is 1.26. The molecule has 0 unspecified atom stereocenters. The number of hydrogen-bond donors (Lipinski definition) is 0. The highest BCUT2D eigenvalue weighted by Crippen LogP contribution is 2.15. The van der Waals surface area contributed by atoms with E-state index in [1.165, 1.54) is 5.57 Å². The van der Waals surface area contributed by atoms with Crippen LogP contribution in [0.5, 0.6) is 0 Å². The lowest BCUT2D eigenvalue weighted by atomic mass is 10.0. The fourth-order valence-corrected chi connectivity index (χ4v) is 0.947. The first-order chi connectivity index (χ1) is 5.34. The summed E-state index contributed by atoms with van der Waals surface area (Å²) in [6, 6.07) is 0. The Labute approximate surface area is 67.9 Å². The summed E-state index contributed by atoms with van der Waals surface area (Å²) in [5.41, 5.74) is 2.26. The van der Waals surface area contributed by atoms with Crippen LogP contribution in [0.25, 0.3) is 0 Å². The van der Waals surface area contributed by atoms with Crippen molar-refractivity contribution in [1.82, 2.24) is 0 Å². The van der Waals surface area contributed by atoms with E-state index in [-0.39, 0.29) is 0 Å². The van der Waals surface area contributed by atoms with Gasteiger partial charge in [0.05, 0.1) is 0 Å². The molecule has 0 heterocycles. The van der Waals surface area contributed by atoms with E-state index in [1.807, 2.05) is 18.2 Å². The van der Waals surface area contributed by atoms with Gasteiger partial charge in [0.25, 0.3) is 0 Å². The van der Waals surface area contributed by atoms with E-state index in [1.54, 1.807) is 6.08 Å². The molecule has 0 spiro atoms. The van der Waals surface area contributed by atoms with E-state index >= 15 is 0 Å². The Hall–Kier alpha value is -1.30. The summed E-state index contributed by atoms with van der Waals surface area (Å²) in [5, 5.41) is 0. The summed E-state index contributed by atoms with van der Waals surface area (Å²) in [4.78, 5) is 0. The standard InChI is InChI=1S/C11H12/c1-3-10(2)11-8-6-4-5-7-9-11/h3-8H,1-2,9H2. The molecule has 0 amide bonds. The fraction of sp³-hybridized carbons (Fsp3) is 0.0909. The van der Waals surface area contributed by atoms with Gasteiger partial charge in [0, 0.05) is 0 Å². The van der Waals surface area contributed by atoms with Gasteiger partial charge in [-0.2, -0.15) is 0 Å². The van der Waals surface area contributed by atoms with Gasteiger partial charge in [-0.15, -0.1) is 0 Å². The molecule has 0 saturated carbocycles. The molecule has 1 aliphatic rings. The van der Waals surface area contributed by atoms with Gasteiger partial charge < -0.3 is 0 Å². The average Bonchev–Trinajstić information content (AvgIpc) is 2.30. The zero-order valence-electron chi connectivity index (χ0n) is 6.59. The maximum Gasteiger partial charge on any atom is -0.00886 e. The summed E-state index contributed by atoms with van der Waals surface area (Å²) in [5.74, 6) is 0. The fourth-order valence-electron chi connectivity index (χ4n) is 0.947. The first kappa shape index (κ1) is 7.80. The van der Waals surface area contributed by atoms with E-state index in [0.717, 1.165) is 12.0 Å². The summed E-state index contributed by atoms with van der Waals surface area (Å²) in [7, 11) is 0. The van der Waals surface area contributed by atoms with Gasteiger partial charge in [-0.3, -0.25) is 0 Å². The summed E-state index contributed by atoms with van der Waals surface area (Å²) >= 11 is 0. The van der Waals surface area contributed by atoms with Crippen LogP contribution in [-0.4, -0.2) is 0 Å². The Kier molecular flexibility index (Phi) is 2.67. The van der Waals surface area contributed by atoms with Gasteiger partial charge in [0.15, 0.2) is 0 Å². The van der Waals surface area contributed by atoms with Gasteiger partial charge in [-0.05, 0) is 17.6 Å². The largest absolute Gasteiger partial charge is 0.0985 e. The van der Waals surface area contributed by atoms with Crippen LogP contribution in [0.2, 0.25) is 0 Å². The Bertz CT molecular complexity index is 249. The van der Waals surface area contributed by atoms with Gasteiger partial charge in [0.1, 0.15) is 0 Å². The Balaban J connectivity index is 2.79. The van der Waals surface area contributed by atoms with Crippen molar-refractivity contribution >= 4 is 0 Å². The average molecular weight is 144 g/mol. The number of allylic oxidation sites excluding steroid dienone is 8. The first-order valence-corrected chi connectivity index (χ1v) is 3.68. The molecule has 0 aliphatic heterocycles. The molecule has 0 radical (unpaired) electrons. The van der Waals surface area contributed by atoms with Crippen LogP contribution in [0, 0.1) is 0 Å². The van der Waals surface area contributed by atoms with Crippen LogP contribution in [0.1, 0.15) is 6.42 Å². The van der Waals surface area contributed by atoms with E-state index < -0.39 is 0 Å². The van der Waals surface area contributed by atoms with Gasteiger partial charge in [-0.25, -0.2) is 0 Å². The third-order valence-electron chi connectivity index (χ3n) is 1.65. The van der Waals surface area contributed by atoms with Crippen molar-refractivity contribution in [3.8, 4) is 0 Å². The monoisotopic (exact) mass is 144 g/mol. The van der Waals surface area contributed by atoms with Crippen LogP contribution in [0.3, 0.4) is 0 Å². The normalized spacial score (nSPS) is 15.5. The van der Waals surface area contributed by atoms with E-state index in [4.69, 9.17) is 0 Å². The second kappa shape index (κ2) is 3.77. The molecule has 56 valence electrons. The van der Waals surface area contributed by atoms with Crippen molar-refractivity contribution < 1.29 is 0 Å². The highest BCUT2D eigenvalue weighted by Gasteiger charge is 1.96. The predicted octanol–water partition coefficient (Wildman–Crippen LogP) is 3.17. The molecule has 0 atom stereocenters. The maximum atomic E-state index is 3.88. The van der Waals surface area contributed by atoms with Crippen LogP contribution < -0.4 is 0 Å². The zero-order valence-corrected chi connectivity index (χ0v) is 6.59. The summed E-state index contributed by atoms with van der Waals surface area (Å²) in [6.07, 6.45) is 13.0. The van der Waals surface area contributed by atoms with Crippen molar-refractivity contribution in [3.05, 3.63) is 60.8 Å². The van der Waals surface area contributed by atoms with Crippen molar-refractivity contribution in [1.29, 1.82) is 0 Å². The zero-order chi connectivity index (χ0) is 8.10. The van der Waals surface area contributed by atoms with Crippen LogP contribution in [0.4, 0.5) is 0 Å². The number of hydrogen-bond acceptors (Lipinski definition) is 0. The second-order valence-corrected chi connectivity index (χ2v) is 2.44. The molecule has 0 aromatic rings. The Morgan fingerprint density at radius 3 is 2.91 bits per heavy atom.